The topological polar surface area (TPSA) is 42.0 Å². The van der Waals surface area contributed by atoms with Crippen LogP contribution in [0.1, 0.15) is 0 Å². The van der Waals surface area contributed by atoms with E-state index in [9.17, 15) is 4.79 Å². The third-order valence-electron chi connectivity index (χ3n) is 3.10. The molecule has 1 amide bonds. The summed E-state index contributed by atoms with van der Waals surface area (Å²) in [7, 11) is 0. The lowest BCUT2D eigenvalue weighted by molar-refractivity contribution is -0.113. The van der Waals surface area contributed by atoms with Crippen molar-refractivity contribution in [3.63, 3.8) is 0 Å². The van der Waals surface area contributed by atoms with Gasteiger partial charge in [0.2, 0.25) is 5.91 Å². The van der Waals surface area contributed by atoms with E-state index in [-0.39, 0.29) is 11.7 Å². The minimum Gasteiger partial charge on any atom is -0.324 e. The van der Waals surface area contributed by atoms with Gasteiger partial charge in [-0.15, -0.1) is 11.3 Å². The van der Waals surface area contributed by atoms with E-state index in [1.54, 1.807) is 12.1 Å². The van der Waals surface area contributed by atoms with E-state index in [1.807, 2.05) is 41.8 Å². The fourth-order valence-corrected chi connectivity index (χ4v) is 3.90. The van der Waals surface area contributed by atoms with Gasteiger partial charge in [0.15, 0.2) is 4.34 Å². The lowest BCUT2D eigenvalue weighted by Gasteiger charge is -2.05. The van der Waals surface area contributed by atoms with Crippen molar-refractivity contribution in [2.24, 2.45) is 0 Å². The van der Waals surface area contributed by atoms with Crippen molar-refractivity contribution in [2.75, 3.05) is 11.1 Å². The predicted octanol–water partition coefficient (Wildman–Crippen LogP) is 5.85. The van der Waals surface area contributed by atoms with E-state index in [0.29, 0.717) is 15.7 Å². The summed E-state index contributed by atoms with van der Waals surface area (Å²) in [5, 5.41) is 5.98. The first-order valence-corrected chi connectivity index (χ1v) is 9.62. The van der Waals surface area contributed by atoms with Crippen LogP contribution in [-0.4, -0.2) is 16.6 Å². The van der Waals surface area contributed by atoms with Crippen LogP contribution in [0.3, 0.4) is 0 Å². The van der Waals surface area contributed by atoms with Crippen molar-refractivity contribution in [3.05, 3.63) is 64.0 Å². The second-order valence-corrected chi connectivity index (χ2v) is 7.75. The van der Waals surface area contributed by atoms with Crippen LogP contribution in [0.25, 0.3) is 11.3 Å². The molecule has 0 unspecified atom stereocenters. The van der Waals surface area contributed by atoms with E-state index in [4.69, 9.17) is 23.2 Å². The van der Waals surface area contributed by atoms with Crippen molar-refractivity contribution in [2.45, 2.75) is 4.34 Å². The molecule has 1 heterocycles. The summed E-state index contributed by atoms with van der Waals surface area (Å²) < 4.78 is 0.842. The fourth-order valence-electron chi connectivity index (χ4n) is 1.95. The molecule has 2 aromatic carbocycles. The minimum atomic E-state index is -0.114. The molecule has 0 saturated heterocycles. The highest BCUT2D eigenvalue weighted by molar-refractivity contribution is 8.01. The summed E-state index contributed by atoms with van der Waals surface area (Å²) in [4.78, 5) is 16.6. The molecule has 0 radical (unpaired) electrons. The molecule has 1 aromatic heterocycles. The van der Waals surface area contributed by atoms with Crippen molar-refractivity contribution in [1.29, 1.82) is 0 Å². The molecular formula is C17H12Cl2N2OS2. The molecule has 7 heteroatoms. The Morgan fingerprint density at radius 1 is 1.12 bits per heavy atom. The number of nitrogens with one attached hydrogen (secondary N) is 1. The van der Waals surface area contributed by atoms with E-state index in [2.05, 4.69) is 10.3 Å². The van der Waals surface area contributed by atoms with Gasteiger partial charge in [-0.3, -0.25) is 4.79 Å². The molecule has 0 aliphatic rings. The molecule has 3 rings (SSSR count). The molecule has 0 saturated carbocycles. The van der Waals surface area contributed by atoms with Gasteiger partial charge in [-0.25, -0.2) is 4.98 Å². The van der Waals surface area contributed by atoms with Crippen molar-refractivity contribution in [1.82, 2.24) is 4.98 Å². The van der Waals surface area contributed by atoms with Crippen molar-refractivity contribution in [3.8, 4) is 11.3 Å². The largest absolute Gasteiger partial charge is 0.324 e. The smallest absolute Gasteiger partial charge is 0.234 e. The Balaban J connectivity index is 1.58. The Hall–Kier alpha value is -1.53. The SMILES string of the molecule is O=C(CSc1nc(-c2ccc(Cl)cc2)cs1)Nc1ccccc1Cl. The lowest BCUT2D eigenvalue weighted by Crippen LogP contribution is -2.14. The molecule has 0 bridgehead atoms. The van der Waals surface area contributed by atoms with Crippen LogP contribution in [-0.2, 0) is 4.79 Å². The number of para-hydroxylation sites is 1. The van der Waals surface area contributed by atoms with E-state index in [0.717, 1.165) is 15.6 Å². The number of thiazole rings is 1. The number of nitrogens with zero attached hydrogens (tertiary/aromatic N) is 1. The Morgan fingerprint density at radius 2 is 1.88 bits per heavy atom. The van der Waals surface area contributed by atoms with Gasteiger partial charge in [0.05, 0.1) is 22.2 Å². The monoisotopic (exact) mass is 394 g/mol. The third-order valence-corrected chi connectivity index (χ3v) is 5.70. The number of carbonyl (C=O) groups is 1. The molecule has 0 aliphatic heterocycles. The van der Waals surface area contributed by atoms with E-state index in [1.165, 1.54) is 23.1 Å². The van der Waals surface area contributed by atoms with E-state index >= 15 is 0 Å². The summed E-state index contributed by atoms with van der Waals surface area (Å²) in [6.45, 7) is 0. The number of amides is 1. The molecule has 0 aliphatic carbocycles. The number of halogens is 2. The highest BCUT2D eigenvalue weighted by atomic mass is 35.5. The van der Waals surface area contributed by atoms with Crippen LogP contribution >= 0.6 is 46.3 Å². The van der Waals surface area contributed by atoms with Crippen molar-refractivity contribution < 1.29 is 4.79 Å². The Morgan fingerprint density at radius 3 is 2.62 bits per heavy atom. The number of aromatic nitrogens is 1. The Kier molecular flexibility index (Phi) is 5.79. The number of rotatable bonds is 5. The minimum absolute atomic E-state index is 0.114. The van der Waals surface area contributed by atoms with Gasteiger partial charge in [0, 0.05) is 16.0 Å². The summed E-state index contributed by atoms with van der Waals surface area (Å²) >= 11 is 14.8. The number of hydrogen-bond donors (Lipinski definition) is 1. The molecule has 3 aromatic rings. The van der Waals surface area contributed by atoms with Crippen LogP contribution in [0.15, 0.2) is 58.3 Å². The third kappa shape index (κ3) is 4.51. The van der Waals surface area contributed by atoms with Crippen LogP contribution in [0.2, 0.25) is 10.0 Å². The van der Waals surface area contributed by atoms with Crippen LogP contribution in [0.4, 0.5) is 5.69 Å². The number of hydrogen-bond acceptors (Lipinski definition) is 4. The average Bonchev–Trinajstić information content (AvgIpc) is 3.05. The molecule has 3 nitrogen and oxygen atoms in total. The van der Waals surface area contributed by atoms with Gasteiger partial charge in [0.25, 0.3) is 0 Å². The Bertz CT molecular complexity index is 850. The number of thioether (sulfide) groups is 1. The zero-order valence-electron chi connectivity index (χ0n) is 12.3. The zero-order valence-corrected chi connectivity index (χ0v) is 15.5. The molecule has 24 heavy (non-hydrogen) atoms. The molecule has 0 atom stereocenters. The predicted molar refractivity (Wildman–Crippen MR) is 103 cm³/mol. The molecule has 0 fully saturated rings. The summed E-state index contributed by atoms with van der Waals surface area (Å²) in [6, 6.07) is 14.7. The summed E-state index contributed by atoms with van der Waals surface area (Å²) in [6.07, 6.45) is 0. The maximum absolute atomic E-state index is 12.0. The van der Waals surface area contributed by atoms with Gasteiger partial charge in [-0.05, 0) is 24.3 Å². The first-order chi connectivity index (χ1) is 11.6. The van der Waals surface area contributed by atoms with Crippen LogP contribution in [0.5, 0.6) is 0 Å². The van der Waals surface area contributed by atoms with Gasteiger partial charge >= 0.3 is 0 Å². The average molecular weight is 395 g/mol. The normalized spacial score (nSPS) is 10.6. The van der Waals surface area contributed by atoms with E-state index < -0.39 is 0 Å². The van der Waals surface area contributed by atoms with Gasteiger partial charge < -0.3 is 5.32 Å². The second-order valence-electron chi connectivity index (χ2n) is 4.82. The maximum atomic E-state index is 12.0. The Labute approximate surface area is 158 Å². The molecule has 122 valence electrons. The summed E-state index contributed by atoms with van der Waals surface area (Å²) in [5.41, 5.74) is 2.50. The van der Waals surface area contributed by atoms with Gasteiger partial charge in [-0.2, -0.15) is 0 Å². The first-order valence-electron chi connectivity index (χ1n) is 7.00. The maximum Gasteiger partial charge on any atom is 0.234 e. The standard InChI is InChI=1S/C17H12Cl2N2OS2/c18-12-7-5-11(6-8-12)15-9-23-17(21-15)24-10-16(22)20-14-4-2-1-3-13(14)19/h1-9H,10H2,(H,20,22). The van der Waals surface area contributed by atoms with Crippen LogP contribution in [0, 0.1) is 0 Å². The quantitative estimate of drug-likeness (QED) is 0.551. The highest BCUT2D eigenvalue weighted by Crippen LogP contribution is 2.29. The van der Waals surface area contributed by atoms with Crippen molar-refractivity contribution >= 4 is 57.9 Å². The number of anilines is 1. The van der Waals surface area contributed by atoms with Gasteiger partial charge in [-0.1, -0.05) is 59.2 Å². The second kappa shape index (κ2) is 8.03. The lowest BCUT2D eigenvalue weighted by atomic mass is 10.2. The summed E-state index contributed by atoms with van der Waals surface area (Å²) in [5.74, 6) is 0.162. The molecule has 0 spiro atoms. The fraction of sp³-hybridized carbons (Fsp3) is 0.0588. The highest BCUT2D eigenvalue weighted by Gasteiger charge is 2.09. The number of benzene rings is 2. The van der Waals surface area contributed by atoms with Crippen LogP contribution < -0.4 is 5.32 Å². The number of carbonyl (C=O) groups excluding carboxylic acids is 1. The van der Waals surface area contributed by atoms with Gasteiger partial charge in [0.1, 0.15) is 0 Å². The first kappa shape index (κ1) is 17.3. The zero-order chi connectivity index (χ0) is 16.9. The molecular weight excluding hydrogens is 383 g/mol. The molecule has 1 N–H and O–H groups in total.